The Morgan fingerprint density at radius 1 is 1.32 bits per heavy atom. The quantitative estimate of drug-likeness (QED) is 0.813. The van der Waals surface area contributed by atoms with E-state index in [9.17, 15) is 17.6 Å². The molecule has 1 aliphatic rings. The third kappa shape index (κ3) is 3.63. The van der Waals surface area contributed by atoms with Crippen LogP contribution in [0.5, 0.6) is 0 Å². The van der Waals surface area contributed by atoms with Gasteiger partial charge in [0, 0.05) is 32.1 Å². The monoisotopic (exact) mass is 329 g/mol. The summed E-state index contributed by atoms with van der Waals surface area (Å²) in [5, 5.41) is 2.70. The average molecular weight is 329 g/mol. The molecular weight excluding hydrogens is 309 g/mol. The number of carbonyl (C=O) groups is 1. The number of amides is 1. The van der Waals surface area contributed by atoms with E-state index in [1.807, 2.05) is 0 Å². The van der Waals surface area contributed by atoms with Gasteiger partial charge in [0.25, 0.3) is 0 Å². The first-order valence-electron chi connectivity index (χ1n) is 7.19. The third-order valence-corrected chi connectivity index (χ3v) is 5.65. The van der Waals surface area contributed by atoms with Gasteiger partial charge < -0.3 is 11.1 Å². The van der Waals surface area contributed by atoms with E-state index < -0.39 is 15.8 Å². The number of nitrogens with one attached hydrogen (secondary N) is 1. The molecule has 3 N–H and O–H groups in total. The molecule has 1 amide bonds. The van der Waals surface area contributed by atoms with Gasteiger partial charge >= 0.3 is 0 Å². The summed E-state index contributed by atoms with van der Waals surface area (Å²) in [7, 11) is -3.85. The summed E-state index contributed by atoms with van der Waals surface area (Å²) in [6, 6.07) is 5.32. The summed E-state index contributed by atoms with van der Waals surface area (Å²) in [5.41, 5.74) is 5.33. The van der Waals surface area contributed by atoms with Gasteiger partial charge in [-0.05, 0) is 25.0 Å². The van der Waals surface area contributed by atoms with Crippen molar-refractivity contribution in [1.82, 2.24) is 9.62 Å². The number of nitrogens with zero attached hydrogens (tertiary/aromatic N) is 1. The summed E-state index contributed by atoms with van der Waals surface area (Å²) in [6.45, 7) is 1.19. The van der Waals surface area contributed by atoms with Crippen molar-refractivity contribution in [2.45, 2.75) is 17.7 Å². The normalized spacial score (nSPS) is 17.4. The van der Waals surface area contributed by atoms with Crippen molar-refractivity contribution in [3.8, 4) is 0 Å². The smallest absolute Gasteiger partial charge is 0.245 e. The first kappa shape index (κ1) is 16.9. The summed E-state index contributed by atoms with van der Waals surface area (Å²) in [4.78, 5) is 11.5. The number of nitrogens with two attached hydrogens (primary N) is 1. The average Bonchev–Trinajstić information content (AvgIpc) is 2.53. The predicted molar refractivity (Wildman–Crippen MR) is 79.9 cm³/mol. The highest BCUT2D eigenvalue weighted by molar-refractivity contribution is 7.89. The van der Waals surface area contributed by atoms with Gasteiger partial charge in [0.2, 0.25) is 15.9 Å². The van der Waals surface area contributed by atoms with Crippen LogP contribution < -0.4 is 11.1 Å². The van der Waals surface area contributed by atoms with E-state index in [0.717, 1.165) is 6.07 Å². The lowest BCUT2D eigenvalue weighted by atomic mass is 9.97. The fourth-order valence-electron chi connectivity index (χ4n) is 2.49. The lowest BCUT2D eigenvalue weighted by Crippen LogP contribution is -2.43. The molecule has 1 fully saturated rings. The molecule has 0 atom stereocenters. The number of hydrogen-bond donors (Lipinski definition) is 2. The largest absolute Gasteiger partial charge is 0.355 e. The summed E-state index contributed by atoms with van der Waals surface area (Å²) >= 11 is 0. The van der Waals surface area contributed by atoms with Crippen molar-refractivity contribution in [2.24, 2.45) is 11.7 Å². The second-order valence-electron chi connectivity index (χ2n) is 5.19. The highest BCUT2D eigenvalue weighted by Gasteiger charge is 2.33. The van der Waals surface area contributed by atoms with E-state index in [1.165, 1.54) is 22.5 Å². The minimum absolute atomic E-state index is 0.103. The maximum Gasteiger partial charge on any atom is 0.245 e. The maximum atomic E-state index is 13.7. The third-order valence-electron chi connectivity index (χ3n) is 3.72. The molecule has 0 saturated carbocycles. The van der Waals surface area contributed by atoms with Gasteiger partial charge in [0.1, 0.15) is 10.7 Å². The molecule has 122 valence electrons. The zero-order valence-electron chi connectivity index (χ0n) is 12.2. The number of sulfonamides is 1. The zero-order valence-corrected chi connectivity index (χ0v) is 13.0. The van der Waals surface area contributed by atoms with Crippen molar-refractivity contribution < 1.29 is 17.6 Å². The van der Waals surface area contributed by atoms with E-state index in [1.54, 1.807) is 0 Å². The number of halogens is 1. The highest BCUT2D eigenvalue weighted by Crippen LogP contribution is 2.25. The van der Waals surface area contributed by atoms with Gasteiger partial charge in [0.05, 0.1) is 0 Å². The molecule has 1 aromatic carbocycles. The Morgan fingerprint density at radius 2 is 1.95 bits per heavy atom. The van der Waals surface area contributed by atoms with Crippen LogP contribution in [0, 0.1) is 11.7 Å². The Morgan fingerprint density at radius 3 is 2.55 bits per heavy atom. The Hall–Kier alpha value is -1.51. The van der Waals surface area contributed by atoms with Crippen LogP contribution in [-0.4, -0.2) is 44.8 Å². The van der Waals surface area contributed by atoms with E-state index in [2.05, 4.69) is 5.32 Å². The van der Waals surface area contributed by atoms with Crippen molar-refractivity contribution in [1.29, 1.82) is 0 Å². The molecule has 0 radical (unpaired) electrons. The van der Waals surface area contributed by atoms with E-state index in [4.69, 9.17) is 5.73 Å². The van der Waals surface area contributed by atoms with E-state index in [0.29, 0.717) is 25.9 Å². The molecule has 1 aromatic rings. The van der Waals surface area contributed by atoms with Gasteiger partial charge in [-0.2, -0.15) is 4.31 Å². The molecule has 6 nitrogen and oxygen atoms in total. The first-order chi connectivity index (χ1) is 10.5. The number of hydrogen-bond acceptors (Lipinski definition) is 4. The van der Waals surface area contributed by atoms with Crippen LogP contribution in [0.4, 0.5) is 4.39 Å². The zero-order chi connectivity index (χ0) is 16.2. The van der Waals surface area contributed by atoms with Gasteiger partial charge in [-0.3, -0.25) is 4.79 Å². The van der Waals surface area contributed by atoms with Crippen LogP contribution in [0.3, 0.4) is 0 Å². The van der Waals surface area contributed by atoms with Crippen LogP contribution in [0.25, 0.3) is 0 Å². The van der Waals surface area contributed by atoms with Gasteiger partial charge in [-0.1, -0.05) is 12.1 Å². The van der Waals surface area contributed by atoms with Crippen molar-refractivity contribution >= 4 is 15.9 Å². The molecule has 2 rings (SSSR count). The topological polar surface area (TPSA) is 92.5 Å². The second-order valence-corrected chi connectivity index (χ2v) is 7.09. The van der Waals surface area contributed by atoms with Crippen LogP contribution in [-0.2, 0) is 14.8 Å². The fourth-order valence-corrected chi connectivity index (χ4v) is 4.03. The molecule has 0 aliphatic carbocycles. The van der Waals surface area contributed by atoms with Crippen molar-refractivity contribution in [3.63, 3.8) is 0 Å². The fraction of sp³-hybridized carbons (Fsp3) is 0.500. The molecule has 0 unspecified atom stereocenters. The number of rotatable bonds is 5. The molecule has 1 heterocycles. The Labute approximate surface area is 129 Å². The lowest BCUT2D eigenvalue weighted by molar-refractivity contribution is -0.126. The molecule has 0 bridgehead atoms. The Bertz CT molecular complexity index is 628. The molecule has 0 aromatic heterocycles. The van der Waals surface area contributed by atoms with Crippen LogP contribution in [0.2, 0.25) is 0 Å². The standard InChI is InChI=1S/C14H20FN3O3S/c15-12-3-1-2-4-13(12)22(20,21)18-9-5-11(6-10-18)14(19)17-8-7-16/h1-4,11H,5-10,16H2,(H,17,19). The van der Waals surface area contributed by atoms with E-state index in [-0.39, 0.29) is 29.8 Å². The minimum atomic E-state index is -3.85. The number of piperidine rings is 1. The highest BCUT2D eigenvalue weighted by atomic mass is 32.2. The van der Waals surface area contributed by atoms with Crippen LogP contribution >= 0.6 is 0 Å². The number of benzene rings is 1. The van der Waals surface area contributed by atoms with Crippen molar-refractivity contribution in [2.75, 3.05) is 26.2 Å². The first-order valence-corrected chi connectivity index (χ1v) is 8.63. The summed E-state index contributed by atoms with van der Waals surface area (Å²) < 4.78 is 39.8. The molecule has 1 saturated heterocycles. The summed E-state index contributed by atoms with van der Waals surface area (Å²) in [5.74, 6) is -1.09. The second kappa shape index (κ2) is 7.17. The van der Waals surface area contributed by atoms with Crippen molar-refractivity contribution in [3.05, 3.63) is 30.1 Å². The van der Waals surface area contributed by atoms with Crippen LogP contribution in [0.15, 0.2) is 29.2 Å². The molecule has 22 heavy (non-hydrogen) atoms. The molecule has 8 heteroatoms. The van der Waals surface area contributed by atoms with E-state index >= 15 is 0 Å². The molecule has 1 aliphatic heterocycles. The lowest BCUT2D eigenvalue weighted by Gasteiger charge is -2.30. The van der Waals surface area contributed by atoms with Gasteiger partial charge in [-0.25, -0.2) is 12.8 Å². The Kier molecular flexibility index (Phi) is 5.49. The number of carbonyl (C=O) groups excluding carboxylic acids is 1. The maximum absolute atomic E-state index is 13.7. The van der Waals surface area contributed by atoms with Gasteiger partial charge in [-0.15, -0.1) is 0 Å². The predicted octanol–water partition coefficient (Wildman–Crippen LogP) is 0.301. The molecule has 0 spiro atoms. The molecular formula is C14H20FN3O3S. The Balaban J connectivity index is 2.02. The summed E-state index contributed by atoms with van der Waals surface area (Å²) in [6.07, 6.45) is 0.841. The van der Waals surface area contributed by atoms with Crippen LogP contribution in [0.1, 0.15) is 12.8 Å². The SMILES string of the molecule is NCCNC(=O)C1CCN(S(=O)(=O)c2ccccc2F)CC1. The van der Waals surface area contributed by atoms with Gasteiger partial charge in [0.15, 0.2) is 0 Å². The minimum Gasteiger partial charge on any atom is -0.355 e.